The van der Waals surface area contributed by atoms with E-state index in [2.05, 4.69) is 10.6 Å². The molecule has 2 aromatic rings. The van der Waals surface area contributed by atoms with Gasteiger partial charge in [0.25, 0.3) is 5.91 Å². The van der Waals surface area contributed by atoms with Crippen molar-refractivity contribution in [2.24, 2.45) is 0 Å². The Labute approximate surface area is 196 Å². The summed E-state index contributed by atoms with van der Waals surface area (Å²) in [7, 11) is 0. The molecule has 0 saturated heterocycles. The molecule has 0 aromatic heterocycles. The number of nitrogens with zero attached hydrogens (tertiary/aromatic N) is 1. The maximum Gasteiger partial charge on any atom is 0.408 e. The summed E-state index contributed by atoms with van der Waals surface area (Å²) in [6, 6.07) is 12.4. The van der Waals surface area contributed by atoms with Crippen LogP contribution in [0.4, 0.5) is 10.5 Å². The molecule has 2 aromatic carbocycles. The van der Waals surface area contributed by atoms with E-state index in [1.807, 2.05) is 63.2 Å². The fourth-order valence-corrected chi connectivity index (χ4v) is 3.49. The van der Waals surface area contributed by atoms with Crippen LogP contribution in [0.3, 0.4) is 0 Å². The number of rotatable bonds is 7. The zero-order chi connectivity index (χ0) is 24.8. The minimum atomic E-state index is -0.859. The van der Waals surface area contributed by atoms with Gasteiger partial charge in [0.15, 0.2) is 0 Å². The zero-order valence-corrected chi connectivity index (χ0v) is 20.6. The SMILES string of the molecule is CCN(C(=O)CNC(=O)OC(C)(C)C)C(C(=O)Nc1c(C)cccc1C)c1ccc(C)cc1. The van der Waals surface area contributed by atoms with Crippen molar-refractivity contribution in [1.29, 1.82) is 0 Å². The summed E-state index contributed by atoms with van der Waals surface area (Å²) in [6.45, 7) is 12.9. The van der Waals surface area contributed by atoms with Crippen molar-refractivity contribution in [2.45, 2.75) is 60.1 Å². The normalized spacial score (nSPS) is 12.0. The Hall–Kier alpha value is -3.35. The standard InChI is InChI=1S/C26H35N3O4/c1-8-29(21(30)16-27-25(32)33-26(5,6)7)23(20-14-12-17(2)13-15-20)24(31)28-22-18(3)10-9-11-19(22)4/h9-15,23H,8,16H2,1-7H3,(H,27,32)(H,28,31). The third-order valence-electron chi connectivity index (χ3n) is 5.13. The van der Waals surface area contributed by atoms with Gasteiger partial charge in [-0.2, -0.15) is 0 Å². The lowest BCUT2D eigenvalue weighted by Gasteiger charge is -2.31. The van der Waals surface area contributed by atoms with E-state index in [9.17, 15) is 14.4 Å². The Morgan fingerprint density at radius 2 is 1.55 bits per heavy atom. The molecule has 2 rings (SSSR count). The van der Waals surface area contributed by atoms with Crippen LogP contribution in [0.15, 0.2) is 42.5 Å². The van der Waals surface area contributed by atoms with Gasteiger partial charge in [0, 0.05) is 12.2 Å². The molecule has 1 atom stereocenters. The summed E-state index contributed by atoms with van der Waals surface area (Å²) in [4.78, 5) is 40.1. The molecule has 33 heavy (non-hydrogen) atoms. The highest BCUT2D eigenvalue weighted by Gasteiger charge is 2.31. The second-order valence-electron chi connectivity index (χ2n) is 9.10. The van der Waals surface area contributed by atoms with Crippen LogP contribution in [0.1, 0.15) is 56.0 Å². The van der Waals surface area contributed by atoms with Crippen LogP contribution in [0.2, 0.25) is 0 Å². The molecule has 0 fully saturated rings. The maximum absolute atomic E-state index is 13.5. The summed E-state index contributed by atoms with van der Waals surface area (Å²) in [5.74, 6) is -0.700. The van der Waals surface area contributed by atoms with E-state index < -0.39 is 17.7 Å². The predicted molar refractivity (Wildman–Crippen MR) is 130 cm³/mol. The summed E-state index contributed by atoms with van der Waals surface area (Å²) >= 11 is 0. The largest absolute Gasteiger partial charge is 0.444 e. The Morgan fingerprint density at radius 1 is 0.970 bits per heavy atom. The molecule has 7 nitrogen and oxygen atoms in total. The smallest absolute Gasteiger partial charge is 0.408 e. The zero-order valence-electron chi connectivity index (χ0n) is 20.6. The molecule has 178 valence electrons. The van der Waals surface area contributed by atoms with Gasteiger partial charge in [-0.25, -0.2) is 4.79 Å². The number of benzene rings is 2. The van der Waals surface area contributed by atoms with Crippen molar-refractivity contribution in [3.8, 4) is 0 Å². The van der Waals surface area contributed by atoms with Crippen molar-refractivity contribution in [3.05, 3.63) is 64.7 Å². The summed E-state index contributed by atoms with van der Waals surface area (Å²) in [6.07, 6.45) is -0.682. The number of carbonyl (C=O) groups is 3. The number of anilines is 1. The van der Waals surface area contributed by atoms with Gasteiger partial charge in [-0.05, 0) is 65.2 Å². The van der Waals surface area contributed by atoms with Crippen molar-refractivity contribution in [1.82, 2.24) is 10.2 Å². The third kappa shape index (κ3) is 7.34. The van der Waals surface area contributed by atoms with Crippen molar-refractivity contribution < 1.29 is 19.1 Å². The number of carbonyl (C=O) groups excluding carboxylic acids is 3. The monoisotopic (exact) mass is 453 g/mol. The van der Waals surface area contributed by atoms with Crippen LogP contribution in [0, 0.1) is 20.8 Å². The summed E-state index contributed by atoms with van der Waals surface area (Å²) in [5, 5.41) is 5.50. The summed E-state index contributed by atoms with van der Waals surface area (Å²) < 4.78 is 5.21. The van der Waals surface area contributed by atoms with Gasteiger partial charge in [-0.3, -0.25) is 9.59 Å². The average Bonchev–Trinajstić information content (AvgIpc) is 2.72. The highest BCUT2D eigenvalue weighted by atomic mass is 16.6. The van der Waals surface area contributed by atoms with E-state index in [-0.39, 0.29) is 24.9 Å². The number of ether oxygens (including phenoxy) is 1. The van der Waals surface area contributed by atoms with Gasteiger partial charge >= 0.3 is 6.09 Å². The Morgan fingerprint density at radius 3 is 2.06 bits per heavy atom. The number of aryl methyl sites for hydroxylation is 3. The Balaban J connectivity index is 2.31. The minimum Gasteiger partial charge on any atom is -0.444 e. The average molecular weight is 454 g/mol. The Kier molecular flexibility index (Phi) is 8.63. The fourth-order valence-electron chi connectivity index (χ4n) is 3.49. The molecule has 7 heteroatoms. The van der Waals surface area contributed by atoms with Gasteiger partial charge < -0.3 is 20.3 Å². The minimum absolute atomic E-state index is 0.276. The third-order valence-corrected chi connectivity index (χ3v) is 5.13. The van der Waals surface area contributed by atoms with Gasteiger partial charge in [-0.15, -0.1) is 0 Å². The van der Waals surface area contributed by atoms with Crippen LogP contribution in [-0.4, -0.2) is 41.5 Å². The van der Waals surface area contributed by atoms with Crippen LogP contribution in [-0.2, 0) is 14.3 Å². The van der Waals surface area contributed by atoms with E-state index in [1.165, 1.54) is 4.90 Å². The Bertz CT molecular complexity index is 973. The molecule has 0 heterocycles. The number of nitrogens with one attached hydrogen (secondary N) is 2. The molecule has 0 aliphatic rings. The van der Waals surface area contributed by atoms with E-state index in [0.29, 0.717) is 5.56 Å². The highest BCUT2D eigenvalue weighted by molar-refractivity contribution is 5.99. The van der Waals surface area contributed by atoms with Crippen LogP contribution < -0.4 is 10.6 Å². The first-order valence-corrected chi connectivity index (χ1v) is 11.1. The van der Waals surface area contributed by atoms with Crippen LogP contribution in [0.5, 0.6) is 0 Å². The summed E-state index contributed by atoms with van der Waals surface area (Å²) in [5.41, 5.74) is 3.67. The molecule has 0 bridgehead atoms. The first kappa shape index (κ1) is 25.9. The number of hydrogen-bond acceptors (Lipinski definition) is 4. The lowest BCUT2D eigenvalue weighted by molar-refractivity contribution is -0.138. The van der Waals surface area contributed by atoms with Crippen LogP contribution >= 0.6 is 0 Å². The molecule has 0 saturated carbocycles. The van der Waals surface area contributed by atoms with Crippen molar-refractivity contribution in [3.63, 3.8) is 0 Å². The lowest BCUT2D eigenvalue weighted by Crippen LogP contribution is -2.46. The topological polar surface area (TPSA) is 87.7 Å². The van der Waals surface area contributed by atoms with Gasteiger partial charge in [0.1, 0.15) is 18.2 Å². The number of para-hydroxylation sites is 1. The number of alkyl carbamates (subject to hydrolysis) is 1. The van der Waals surface area contributed by atoms with Gasteiger partial charge in [-0.1, -0.05) is 48.0 Å². The van der Waals surface area contributed by atoms with E-state index in [0.717, 1.165) is 22.4 Å². The molecule has 0 aliphatic carbocycles. The molecule has 3 amide bonds. The molecular formula is C26H35N3O4. The van der Waals surface area contributed by atoms with Crippen LogP contribution in [0.25, 0.3) is 0 Å². The first-order valence-electron chi connectivity index (χ1n) is 11.1. The highest BCUT2D eigenvalue weighted by Crippen LogP contribution is 2.26. The molecule has 0 spiro atoms. The molecule has 1 unspecified atom stereocenters. The van der Waals surface area contributed by atoms with Gasteiger partial charge in [0.2, 0.25) is 5.91 Å². The van der Waals surface area contributed by atoms with E-state index >= 15 is 0 Å². The maximum atomic E-state index is 13.5. The molecule has 0 radical (unpaired) electrons. The van der Waals surface area contributed by atoms with E-state index in [1.54, 1.807) is 27.7 Å². The second-order valence-corrected chi connectivity index (χ2v) is 9.10. The van der Waals surface area contributed by atoms with Crippen molar-refractivity contribution >= 4 is 23.6 Å². The fraction of sp³-hybridized carbons (Fsp3) is 0.423. The number of amides is 3. The number of likely N-dealkylation sites (N-methyl/N-ethyl adjacent to an activating group) is 1. The van der Waals surface area contributed by atoms with Gasteiger partial charge in [0.05, 0.1) is 0 Å². The van der Waals surface area contributed by atoms with Crippen molar-refractivity contribution in [2.75, 3.05) is 18.4 Å². The van der Waals surface area contributed by atoms with E-state index in [4.69, 9.17) is 4.74 Å². The quantitative estimate of drug-likeness (QED) is 0.638. The number of hydrogen-bond donors (Lipinski definition) is 2. The second kappa shape index (κ2) is 11.0. The molecule has 2 N–H and O–H groups in total. The predicted octanol–water partition coefficient (Wildman–Crippen LogP) is 4.66. The molecular weight excluding hydrogens is 418 g/mol. The first-order chi connectivity index (χ1) is 15.4. The lowest BCUT2D eigenvalue weighted by atomic mass is 10.0. The molecule has 0 aliphatic heterocycles.